The van der Waals surface area contributed by atoms with Gasteiger partial charge in [0, 0.05) is 25.2 Å². The Morgan fingerprint density at radius 2 is 2.20 bits per heavy atom. The molecular formula is C15H24N4O. The van der Waals surface area contributed by atoms with Gasteiger partial charge in [0.1, 0.15) is 12.1 Å². The maximum Gasteiger partial charge on any atom is 0.218 e. The minimum Gasteiger partial charge on any atom is -0.478 e. The Morgan fingerprint density at radius 3 is 3.05 bits per heavy atom. The van der Waals surface area contributed by atoms with E-state index in [1.54, 1.807) is 6.33 Å². The Hall–Kier alpha value is -1.36. The molecule has 0 aromatic carbocycles. The van der Waals surface area contributed by atoms with Crippen molar-refractivity contribution in [2.45, 2.75) is 32.2 Å². The lowest BCUT2D eigenvalue weighted by atomic mass is 9.84. The summed E-state index contributed by atoms with van der Waals surface area (Å²) >= 11 is 0. The molecule has 1 aromatic rings. The van der Waals surface area contributed by atoms with Gasteiger partial charge in [-0.15, -0.1) is 0 Å². The number of likely N-dealkylation sites (tertiary alicyclic amines) is 1. The second-order valence-electron chi connectivity index (χ2n) is 5.86. The van der Waals surface area contributed by atoms with Gasteiger partial charge in [-0.25, -0.2) is 9.97 Å². The van der Waals surface area contributed by atoms with Crippen molar-refractivity contribution in [3.63, 3.8) is 0 Å². The average molecular weight is 276 g/mol. The molecule has 2 fully saturated rings. The third-order valence-corrected chi connectivity index (χ3v) is 4.49. The van der Waals surface area contributed by atoms with Gasteiger partial charge >= 0.3 is 0 Å². The molecular weight excluding hydrogens is 252 g/mol. The van der Waals surface area contributed by atoms with Crippen LogP contribution < -0.4 is 9.64 Å². The van der Waals surface area contributed by atoms with Crippen molar-refractivity contribution in [3.05, 3.63) is 12.4 Å². The largest absolute Gasteiger partial charge is 0.478 e. The first-order valence-electron chi connectivity index (χ1n) is 7.68. The van der Waals surface area contributed by atoms with Crippen molar-refractivity contribution in [1.82, 2.24) is 14.9 Å². The van der Waals surface area contributed by atoms with Gasteiger partial charge in [0.05, 0.1) is 6.61 Å². The number of anilines is 1. The Labute approximate surface area is 121 Å². The van der Waals surface area contributed by atoms with Crippen molar-refractivity contribution in [2.75, 3.05) is 38.2 Å². The van der Waals surface area contributed by atoms with Crippen LogP contribution in [0.15, 0.2) is 12.4 Å². The Morgan fingerprint density at radius 1 is 1.30 bits per heavy atom. The summed E-state index contributed by atoms with van der Waals surface area (Å²) in [5, 5.41) is 0. The second kappa shape index (κ2) is 5.95. The molecule has 110 valence electrons. The fourth-order valence-corrected chi connectivity index (χ4v) is 3.58. The Kier molecular flexibility index (Phi) is 4.05. The van der Waals surface area contributed by atoms with E-state index in [0.29, 0.717) is 18.5 Å². The third-order valence-electron chi connectivity index (χ3n) is 4.49. The molecule has 2 unspecified atom stereocenters. The molecule has 3 heterocycles. The molecule has 0 spiro atoms. The van der Waals surface area contributed by atoms with Gasteiger partial charge in [-0.2, -0.15) is 0 Å². The molecule has 1 aromatic heterocycles. The average Bonchev–Trinajstić information content (AvgIpc) is 2.47. The van der Waals surface area contributed by atoms with Crippen LogP contribution in [0.25, 0.3) is 0 Å². The summed E-state index contributed by atoms with van der Waals surface area (Å²) in [4.78, 5) is 13.6. The van der Waals surface area contributed by atoms with Crippen molar-refractivity contribution >= 4 is 5.82 Å². The van der Waals surface area contributed by atoms with E-state index in [-0.39, 0.29) is 0 Å². The van der Waals surface area contributed by atoms with E-state index in [2.05, 4.69) is 26.8 Å². The number of hydrogen-bond acceptors (Lipinski definition) is 5. The van der Waals surface area contributed by atoms with Crippen LogP contribution in [-0.4, -0.2) is 54.2 Å². The summed E-state index contributed by atoms with van der Waals surface area (Å²) < 4.78 is 5.50. The lowest BCUT2D eigenvalue weighted by molar-refractivity contribution is 0.154. The second-order valence-corrected chi connectivity index (χ2v) is 5.86. The highest BCUT2D eigenvalue weighted by Crippen LogP contribution is 2.33. The molecule has 0 aliphatic carbocycles. The van der Waals surface area contributed by atoms with Crippen LogP contribution in [0.4, 0.5) is 5.82 Å². The molecule has 0 N–H and O–H groups in total. The van der Waals surface area contributed by atoms with Crippen LogP contribution in [0.2, 0.25) is 0 Å². The van der Waals surface area contributed by atoms with Gasteiger partial charge in [0.2, 0.25) is 5.88 Å². The molecule has 2 aliphatic heterocycles. The molecule has 20 heavy (non-hydrogen) atoms. The lowest BCUT2D eigenvalue weighted by Crippen LogP contribution is -2.53. The predicted octanol–water partition coefficient (Wildman–Crippen LogP) is 1.80. The highest BCUT2D eigenvalue weighted by atomic mass is 16.5. The smallest absolute Gasteiger partial charge is 0.218 e. The maximum atomic E-state index is 5.50. The van der Waals surface area contributed by atoms with E-state index in [4.69, 9.17) is 4.74 Å². The van der Waals surface area contributed by atoms with Gasteiger partial charge in [0.25, 0.3) is 0 Å². The molecule has 3 rings (SSSR count). The highest BCUT2D eigenvalue weighted by molar-refractivity contribution is 5.43. The van der Waals surface area contributed by atoms with Crippen LogP contribution in [0.5, 0.6) is 5.88 Å². The van der Waals surface area contributed by atoms with Gasteiger partial charge < -0.3 is 14.5 Å². The first-order chi connectivity index (χ1) is 9.78. The molecule has 2 saturated heterocycles. The van der Waals surface area contributed by atoms with Crippen LogP contribution in [-0.2, 0) is 0 Å². The van der Waals surface area contributed by atoms with E-state index in [9.17, 15) is 0 Å². The van der Waals surface area contributed by atoms with Crippen molar-refractivity contribution < 1.29 is 4.74 Å². The number of nitrogens with zero attached hydrogens (tertiary/aromatic N) is 4. The summed E-state index contributed by atoms with van der Waals surface area (Å²) in [5.74, 6) is 2.49. The summed E-state index contributed by atoms with van der Waals surface area (Å²) in [5.41, 5.74) is 0. The minimum absolute atomic E-state index is 0.629. The zero-order valence-electron chi connectivity index (χ0n) is 12.5. The fourth-order valence-electron chi connectivity index (χ4n) is 3.58. The fraction of sp³-hybridized carbons (Fsp3) is 0.733. The van der Waals surface area contributed by atoms with Gasteiger partial charge in [-0.1, -0.05) is 0 Å². The molecule has 0 radical (unpaired) electrons. The Bertz CT molecular complexity index is 453. The maximum absolute atomic E-state index is 5.50. The third kappa shape index (κ3) is 2.73. The number of piperidine rings is 2. The number of fused-ring (bicyclic) bond motifs is 1. The lowest BCUT2D eigenvalue weighted by Gasteiger charge is -2.47. The topological polar surface area (TPSA) is 41.5 Å². The first kappa shape index (κ1) is 13.6. The van der Waals surface area contributed by atoms with Gasteiger partial charge in [0.15, 0.2) is 0 Å². The molecule has 5 nitrogen and oxygen atoms in total. The summed E-state index contributed by atoms with van der Waals surface area (Å²) in [6.07, 6.45) is 5.45. The van der Waals surface area contributed by atoms with E-state index in [1.165, 1.54) is 32.4 Å². The summed E-state index contributed by atoms with van der Waals surface area (Å²) in [6.45, 7) is 6.13. The standard InChI is InChI=1S/C15H24N4O/c1-3-20-15-9-14(16-11-17-15)19-7-4-5-12-10-18(2)8-6-13(12)19/h9,11-13H,3-8,10H2,1-2H3. The monoisotopic (exact) mass is 276 g/mol. The van der Waals surface area contributed by atoms with Crippen molar-refractivity contribution in [2.24, 2.45) is 5.92 Å². The quantitative estimate of drug-likeness (QED) is 0.842. The van der Waals surface area contributed by atoms with Crippen LogP contribution in [0.3, 0.4) is 0 Å². The molecule has 0 saturated carbocycles. The molecule has 0 amide bonds. The molecule has 0 bridgehead atoms. The van der Waals surface area contributed by atoms with Gasteiger partial charge in [-0.3, -0.25) is 0 Å². The number of rotatable bonds is 3. The zero-order valence-corrected chi connectivity index (χ0v) is 12.5. The SMILES string of the molecule is CCOc1cc(N2CCCC3CN(C)CCC32)ncn1. The van der Waals surface area contributed by atoms with E-state index >= 15 is 0 Å². The van der Waals surface area contributed by atoms with Crippen molar-refractivity contribution in [3.8, 4) is 5.88 Å². The summed E-state index contributed by atoms with van der Waals surface area (Å²) in [6, 6.07) is 2.62. The van der Waals surface area contributed by atoms with Gasteiger partial charge in [-0.05, 0) is 45.7 Å². The van der Waals surface area contributed by atoms with Crippen LogP contribution >= 0.6 is 0 Å². The van der Waals surface area contributed by atoms with Crippen LogP contribution in [0, 0.1) is 5.92 Å². The molecule has 2 aliphatic rings. The molecule has 5 heteroatoms. The van der Waals surface area contributed by atoms with E-state index in [1.807, 2.05) is 13.0 Å². The first-order valence-corrected chi connectivity index (χ1v) is 7.68. The van der Waals surface area contributed by atoms with Crippen molar-refractivity contribution in [1.29, 1.82) is 0 Å². The Balaban J connectivity index is 1.79. The van der Waals surface area contributed by atoms with E-state index < -0.39 is 0 Å². The normalized spacial score (nSPS) is 27.2. The zero-order chi connectivity index (χ0) is 13.9. The molecule has 2 atom stereocenters. The number of ether oxygens (including phenoxy) is 1. The van der Waals surface area contributed by atoms with Crippen LogP contribution in [0.1, 0.15) is 26.2 Å². The predicted molar refractivity (Wildman–Crippen MR) is 79.2 cm³/mol. The number of aromatic nitrogens is 2. The van der Waals surface area contributed by atoms with E-state index in [0.717, 1.165) is 18.3 Å². The minimum atomic E-state index is 0.629. The summed E-state index contributed by atoms with van der Waals surface area (Å²) in [7, 11) is 2.23. The number of hydrogen-bond donors (Lipinski definition) is 0. The highest BCUT2D eigenvalue weighted by Gasteiger charge is 2.35.